The van der Waals surface area contributed by atoms with Gasteiger partial charge in [-0.3, -0.25) is 4.90 Å². The van der Waals surface area contributed by atoms with E-state index in [2.05, 4.69) is 32.6 Å². The van der Waals surface area contributed by atoms with Crippen molar-refractivity contribution in [3.8, 4) is 5.75 Å². The first kappa shape index (κ1) is 16.3. The number of hydrogen-bond acceptors (Lipinski definition) is 3. The van der Waals surface area contributed by atoms with Crippen LogP contribution in [-0.2, 0) is 0 Å². The lowest BCUT2D eigenvalue weighted by Gasteiger charge is -2.43. The molecule has 118 valence electrons. The van der Waals surface area contributed by atoms with Crippen molar-refractivity contribution in [3.05, 3.63) is 29.8 Å². The van der Waals surface area contributed by atoms with E-state index in [9.17, 15) is 5.11 Å². The highest BCUT2D eigenvalue weighted by atomic mass is 16.5. The minimum atomic E-state index is -0.489. The Morgan fingerprint density at radius 3 is 2.19 bits per heavy atom. The van der Waals surface area contributed by atoms with Crippen LogP contribution in [0, 0.1) is 0 Å². The van der Waals surface area contributed by atoms with Crippen LogP contribution in [0.25, 0.3) is 0 Å². The van der Waals surface area contributed by atoms with Gasteiger partial charge in [0.25, 0.3) is 0 Å². The molecule has 1 aromatic carbocycles. The second-order valence-corrected chi connectivity index (χ2v) is 6.17. The average Bonchev–Trinajstić information content (AvgIpc) is 3.32. The highest BCUT2D eigenvalue weighted by Gasteiger charge is 2.36. The molecule has 0 spiro atoms. The van der Waals surface area contributed by atoms with Gasteiger partial charge in [-0.25, -0.2) is 0 Å². The summed E-state index contributed by atoms with van der Waals surface area (Å²) in [7, 11) is 0. The van der Waals surface area contributed by atoms with Crippen molar-refractivity contribution in [1.82, 2.24) is 4.90 Å². The van der Waals surface area contributed by atoms with E-state index in [4.69, 9.17) is 4.74 Å². The van der Waals surface area contributed by atoms with Crippen molar-refractivity contribution in [1.29, 1.82) is 0 Å². The Morgan fingerprint density at radius 1 is 1.19 bits per heavy atom. The van der Waals surface area contributed by atoms with Crippen LogP contribution >= 0.6 is 0 Å². The molecule has 0 aliphatic heterocycles. The third-order valence-corrected chi connectivity index (χ3v) is 4.81. The fourth-order valence-corrected chi connectivity index (χ4v) is 3.00. The highest BCUT2D eigenvalue weighted by molar-refractivity contribution is 5.30. The van der Waals surface area contributed by atoms with Crippen molar-refractivity contribution >= 4 is 0 Å². The van der Waals surface area contributed by atoms with Crippen molar-refractivity contribution in [2.75, 3.05) is 13.1 Å². The van der Waals surface area contributed by atoms with Gasteiger partial charge in [0.05, 0.1) is 12.2 Å². The van der Waals surface area contributed by atoms with Crippen molar-refractivity contribution < 1.29 is 9.84 Å². The maximum Gasteiger partial charge on any atom is 0.119 e. The molecule has 0 heterocycles. The molecule has 21 heavy (non-hydrogen) atoms. The van der Waals surface area contributed by atoms with E-state index < -0.39 is 6.10 Å². The van der Waals surface area contributed by atoms with E-state index in [-0.39, 0.29) is 5.54 Å². The fraction of sp³-hybridized carbons (Fsp3) is 0.667. The van der Waals surface area contributed by atoms with Crippen LogP contribution in [0.4, 0.5) is 0 Å². The maximum atomic E-state index is 10.9. The molecular weight excluding hydrogens is 262 g/mol. The fourth-order valence-electron chi connectivity index (χ4n) is 3.00. The first-order chi connectivity index (χ1) is 10.0. The van der Waals surface area contributed by atoms with Crippen LogP contribution in [0.1, 0.15) is 58.6 Å². The molecule has 2 unspecified atom stereocenters. The van der Waals surface area contributed by atoms with Gasteiger partial charge in [0.2, 0.25) is 0 Å². The molecule has 1 aliphatic carbocycles. The van der Waals surface area contributed by atoms with Crippen LogP contribution in [0.2, 0.25) is 0 Å². The standard InChI is InChI=1S/C18H29NO2/c1-5-18(4,19(6-2)7-3)17(20)14-8-10-15(11-9-14)21-16-12-13-16/h8-11,16-17,20H,5-7,12-13H2,1-4H3. The van der Waals surface area contributed by atoms with Gasteiger partial charge in [0, 0.05) is 5.54 Å². The van der Waals surface area contributed by atoms with E-state index in [0.717, 1.165) is 30.8 Å². The molecule has 0 saturated heterocycles. The van der Waals surface area contributed by atoms with Gasteiger partial charge in [-0.2, -0.15) is 0 Å². The molecule has 1 aromatic rings. The molecule has 2 atom stereocenters. The molecule has 0 bridgehead atoms. The molecule has 0 amide bonds. The zero-order valence-electron chi connectivity index (χ0n) is 13.8. The molecular formula is C18H29NO2. The zero-order chi connectivity index (χ0) is 15.5. The first-order valence-corrected chi connectivity index (χ1v) is 8.24. The summed E-state index contributed by atoms with van der Waals surface area (Å²) in [5.41, 5.74) is 0.733. The molecule has 0 radical (unpaired) electrons. The average molecular weight is 291 g/mol. The SMILES string of the molecule is CCN(CC)C(C)(CC)C(O)c1ccc(OC2CC2)cc1. The van der Waals surface area contributed by atoms with Crippen LogP contribution in [0.3, 0.4) is 0 Å². The van der Waals surface area contributed by atoms with Gasteiger partial charge in [-0.05, 0) is 57.0 Å². The third kappa shape index (κ3) is 3.58. The van der Waals surface area contributed by atoms with Crippen molar-refractivity contribution in [2.45, 2.75) is 64.7 Å². The summed E-state index contributed by atoms with van der Waals surface area (Å²) in [6.45, 7) is 10.5. The molecule has 3 nitrogen and oxygen atoms in total. The zero-order valence-corrected chi connectivity index (χ0v) is 13.8. The molecule has 3 heteroatoms. The maximum absolute atomic E-state index is 10.9. The smallest absolute Gasteiger partial charge is 0.119 e. The van der Waals surface area contributed by atoms with E-state index in [1.54, 1.807) is 0 Å². The molecule has 1 N–H and O–H groups in total. The van der Waals surface area contributed by atoms with Crippen molar-refractivity contribution in [3.63, 3.8) is 0 Å². The summed E-state index contributed by atoms with van der Waals surface area (Å²) in [4.78, 5) is 2.34. The Labute approximate surface area is 128 Å². The third-order valence-electron chi connectivity index (χ3n) is 4.81. The van der Waals surface area contributed by atoms with E-state index in [1.807, 2.05) is 24.3 Å². The molecule has 0 aromatic heterocycles. The number of aliphatic hydroxyl groups is 1. The Hall–Kier alpha value is -1.06. The van der Waals surface area contributed by atoms with Crippen LogP contribution in [0.15, 0.2) is 24.3 Å². The van der Waals surface area contributed by atoms with Crippen LogP contribution in [-0.4, -0.2) is 34.7 Å². The monoisotopic (exact) mass is 291 g/mol. The van der Waals surface area contributed by atoms with Gasteiger partial charge >= 0.3 is 0 Å². The Kier molecular flexibility index (Phi) is 5.28. The van der Waals surface area contributed by atoms with E-state index in [0.29, 0.717) is 6.10 Å². The number of hydrogen-bond donors (Lipinski definition) is 1. The summed E-state index contributed by atoms with van der Waals surface area (Å²) in [5, 5.41) is 10.9. The Bertz CT molecular complexity index is 437. The molecule has 1 aliphatic rings. The number of benzene rings is 1. The molecule has 2 rings (SSSR count). The lowest BCUT2D eigenvalue weighted by molar-refractivity contribution is -0.0213. The summed E-state index contributed by atoms with van der Waals surface area (Å²) >= 11 is 0. The van der Waals surface area contributed by atoms with E-state index >= 15 is 0 Å². The normalized spacial score (nSPS) is 19.3. The number of likely N-dealkylation sites (N-methyl/N-ethyl adjacent to an activating group) is 1. The Morgan fingerprint density at radius 2 is 1.76 bits per heavy atom. The van der Waals surface area contributed by atoms with Gasteiger partial charge in [0.1, 0.15) is 5.75 Å². The Balaban J connectivity index is 2.13. The predicted molar refractivity (Wildman–Crippen MR) is 86.7 cm³/mol. The van der Waals surface area contributed by atoms with Crippen LogP contribution in [0.5, 0.6) is 5.75 Å². The lowest BCUT2D eigenvalue weighted by Crippen LogP contribution is -2.50. The number of ether oxygens (including phenoxy) is 1. The summed E-state index contributed by atoms with van der Waals surface area (Å²) in [5.74, 6) is 0.912. The van der Waals surface area contributed by atoms with Gasteiger partial charge < -0.3 is 9.84 Å². The summed E-state index contributed by atoms with van der Waals surface area (Å²) in [6, 6.07) is 7.96. The quantitative estimate of drug-likeness (QED) is 0.791. The minimum Gasteiger partial charge on any atom is -0.490 e. The van der Waals surface area contributed by atoms with Crippen LogP contribution < -0.4 is 4.74 Å². The van der Waals surface area contributed by atoms with Gasteiger partial charge in [-0.1, -0.05) is 32.9 Å². The molecule has 1 saturated carbocycles. The summed E-state index contributed by atoms with van der Waals surface area (Å²) < 4.78 is 5.77. The van der Waals surface area contributed by atoms with E-state index in [1.165, 1.54) is 12.8 Å². The summed E-state index contributed by atoms with van der Waals surface area (Å²) in [6.07, 6.45) is 3.17. The highest BCUT2D eigenvalue weighted by Crippen LogP contribution is 2.35. The largest absolute Gasteiger partial charge is 0.490 e. The topological polar surface area (TPSA) is 32.7 Å². The predicted octanol–water partition coefficient (Wildman–Crippen LogP) is 3.77. The second-order valence-electron chi connectivity index (χ2n) is 6.17. The van der Waals surface area contributed by atoms with Gasteiger partial charge in [-0.15, -0.1) is 0 Å². The number of nitrogens with zero attached hydrogens (tertiary/aromatic N) is 1. The lowest BCUT2D eigenvalue weighted by atomic mass is 9.85. The van der Waals surface area contributed by atoms with Gasteiger partial charge in [0.15, 0.2) is 0 Å². The number of rotatable bonds is 8. The van der Waals surface area contributed by atoms with Crippen molar-refractivity contribution in [2.24, 2.45) is 0 Å². The second kappa shape index (κ2) is 6.80. The number of aliphatic hydroxyl groups excluding tert-OH is 1. The first-order valence-electron chi connectivity index (χ1n) is 8.24. The molecule has 1 fully saturated rings. The minimum absolute atomic E-state index is 0.234.